The summed E-state index contributed by atoms with van der Waals surface area (Å²) in [6.45, 7) is 0. The zero-order valence-corrected chi connectivity index (χ0v) is 9.52. The monoisotopic (exact) mass is 260 g/mol. The highest BCUT2D eigenvalue weighted by Crippen LogP contribution is 2.20. The Hall–Kier alpha value is -3.03. The van der Waals surface area contributed by atoms with E-state index >= 15 is 0 Å². The molecular formula is C11H8N4O4. The van der Waals surface area contributed by atoms with Gasteiger partial charge in [-0.1, -0.05) is 0 Å². The van der Waals surface area contributed by atoms with Crippen molar-refractivity contribution in [1.29, 1.82) is 0 Å². The molecule has 96 valence electrons. The summed E-state index contributed by atoms with van der Waals surface area (Å²) >= 11 is 0. The lowest BCUT2D eigenvalue weighted by Crippen LogP contribution is -2.12. The van der Waals surface area contributed by atoms with Gasteiger partial charge in [0.1, 0.15) is 5.69 Å². The summed E-state index contributed by atoms with van der Waals surface area (Å²) in [5.41, 5.74) is 5.18. The van der Waals surface area contributed by atoms with Gasteiger partial charge in [-0.25, -0.2) is 4.68 Å². The molecule has 0 spiro atoms. The number of nitro groups is 1. The van der Waals surface area contributed by atoms with Gasteiger partial charge in [-0.3, -0.25) is 19.7 Å². The molecule has 1 amide bonds. The maximum absolute atomic E-state index is 10.9. The minimum Gasteiger partial charge on any atom is -0.364 e. The standard InChI is InChI=1S/C11H8N4O4/c12-11(17)9-3-4-14(13-9)8-1-2-10(15(18)19)7(5-8)6-16/h1-6H,(H2,12,17). The van der Waals surface area contributed by atoms with Crippen LogP contribution in [-0.2, 0) is 0 Å². The van der Waals surface area contributed by atoms with Crippen LogP contribution in [0.25, 0.3) is 5.69 Å². The van der Waals surface area contributed by atoms with Crippen molar-refractivity contribution in [2.24, 2.45) is 5.73 Å². The smallest absolute Gasteiger partial charge is 0.280 e. The summed E-state index contributed by atoms with van der Waals surface area (Å²) in [4.78, 5) is 31.8. The van der Waals surface area contributed by atoms with Crippen molar-refractivity contribution in [3.63, 3.8) is 0 Å². The maximum Gasteiger partial charge on any atom is 0.280 e. The van der Waals surface area contributed by atoms with E-state index in [1.54, 1.807) is 0 Å². The first-order valence-corrected chi connectivity index (χ1v) is 5.12. The molecule has 1 aromatic heterocycles. The van der Waals surface area contributed by atoms with Crippen LogP contribution in [0.2, 0.25) is 0 Å². The first-order chi connectivity index (χ1) is 9.02. The lowest BCUT2D eigenvalue weighted by atomic mass is 10.2. The molecule has 0 fully saturated rings. The largest absolute Gasteiger partial charge is 0.364 e. The molecule has 2 N–H and O–H groups in total. The molecule has 1 heterocycles. The van der Waals surface area contributed by atoms with Gasteiger partial charge in [-0.05, 0) is 18.2 Å². The lowest BCUT2D eigenvalue weighted by molar-refractivity contribution is -0.385. The second-order valence-corrected chi connectivity index (χ2v) is 3.63. The molecule has 0 aliphatic rings. The van der Waals surface area contributed by atoms with E-state index in [-0.39, 0.29) is 16.9 Å². The predicted molar refractivity (Wildman–Crippen MR) is 64.1 cm³/mol. The Labute approximate surface area is 106 Å². The van der Waals surface area contributed by atoms with Crippen molar-refractivity contribution in [3.8, 4) is 5.69 Å². The predicted octanol–water partition coefficient (Wildman–Crippen LogP) is 0.692. The fourth-order valence-corrected chi connectivity index (χ4v) is 1.54. The van der Waals surface area contributed by atoms with E-state index in [2.05, 4.69) is 5.10 Å². The van der Waals surface area contributed by atoms with Gasteiger partial charge in [0.05, 0.1) is 16.2 Å². The number of aromatic nitrogens is 2. The van der Waals surface area contributed by atoms with Crippen molar-refractivity contribution in [2.75, 3.05) is 0 Å². The van der Waals surface area contributed by atoms with Crippen LogP contribution in [0, 0.1) is 10.1 Å². The number of hydrogen-bond donors (Lipinski definition) is 1. The van der Waals surface area contributed by atoms with Gasteiger partial charge in [0.25, 0.3) is 11.6 Å². The van der Waals surface area contributed by atoms with Crippen molar-refractivity contribution >= 4 is 17.9 Å². The van der Waals surface area contributed by atoms with Crippen LogP contribution >= 0.6 is 0 Å². The summed E-state index contributed by atoms with van der Waals surface area (Å²) in [7, 11) is 0. The number of rotatable bonds is 4. The average molecular weight is 260 g/mol. The van der Waals surface area contributed by atoms with Gasteiger partial charge in [0.2, 0.25) is 0 Å². The highest BCUT2D eigenvalue weighted by molar-refractivity contribution is 5.90. The highest BCUT2D eigenvalue weighted by atomic mass is 16.6. The SMILES string of the molecule is NC(=O)c1ccn(-c2ccc([N+](=O)[O-])c(C=O)c2)n1. The van der Waals surface area contributed by atoms with Gasteiger partial charge in [0.15, 0.2) is 6.29 Å². The second-order valence-electron chi connectivity index (χ2n) is 3.63. The molecule has 8 nitrogen and oxygen atoms in total. The number of benzene rings is 1. The minimum absolute atomic E-state index is 0.0611. The molecule has 0 saturated carbocycles. The molecule has 0 atom stereocenters. The number of nitro benzene ring substituents is 1. The minimum atomic E-state index is -0.684. The number of nitrogens with zero attached hydrogens (tertiary/aromatic N) is 3. The number of primary amides is 1. The summed E-state index contributed by atoms with van der Waals surface area (Å²) in [6.07, 6.45) is 1.86. The topological polar surface area (TPSA) is 121 Å². The van der Waals surface area contributed by atoms with Crippen LogP contribution in [-0.4, -0.2) is 26.9 Å². The fraction of sp³-hybridized carbons (Fsp3) is 0. The molecule has 0 aliphatic heterocycles. The van der Waals surface area contributed by atoms with Crippen LogP contribution in [0.1, 0.15) is 20.8 Å². The van der Waals surface area contributed by atoms with E-state index in [9.17, 15) is 19.7 Å². The molecular weight excluding hydrogens is 252 g/mol. The Balaban J connectivity index is 2.48. The van der Waals surface area contributed by atoms with Gasteiger partial charge in [-0.15, -0.1) is 0 Å². The Kier molecular flexibility index (Phi) is 3.06. The molecule has 0 aliphatic carbocycles. The van der Waals surface area contributed by atoms with Crippen LogP contribution in [0.5, 0.6) is 0 Å². The normalized spacial score (nSPS) is 10.1. The van der Waals surface area contributed by atoms with E-state index in [0.29, 0.717) is 12.0 Å². The van der Waals surface area contributed by atoms with Crippen molar-refractivity contribution in [1.82, 2.24) is 9.78 Å². The number of amides is 1. The second kappa shape index (κ2) is 4.69. The molecule has 0 radical (unpaired) electrons. The molecule has 2 aromatic rings. The van der Waals surface area contributed by atoms with Gasteiger partial charge >= 0.3 is 0 Å². The van der Waals surface area contributed by atoms with Crippen LogP contribution < -0.4 is 5.73 Å². The molecule has 2 rings (SSSR count). The third kappa shape index (κ3) is 2.32. The maximum atomic E-state index is 10.9. The number of hydrogen-bond acceptors (Lipinski definition) is 5. The highest BCUT2D eigenvalue weighted by Gasteiger charge is 2.14. The number of carbonyl (C=O) groups excluding carboxylic acids is 2. The summed E-state index contributed by atoms with van der Waals surface area (Å²) < 4.78 is 1.30. The van der Waals surface area contributed by atoms with Crippen molar-refractivity contribution in [2.45, 2.75) is 0 Å². The van der Waals surface area contributed by atoms with Crippen molar-refractivity contribution < 1.29 is 14.5 Å². The van der Waals surface area contributed by atoms with E-state index in [4.69, 9.17) is 5.73 Å². The molecule has 0 saturated heterocycles. The van der Waals surface area contributed by atoms with Crippen LogP contribution in [0.3, 0.4) is 0 Å². The van der Waals surface area contributed by atoms with E-state index < -0.39 is 10.8 Å². The molecule has 1 aromatic carbocycles. The molecule has 8 heteroatoms. The first-order valence-electron chi connectivity index (χ1n) is 5.12. The van der Waals surface area contributed by atoms with Gasteiger partial charge in [-0.2, -0.15) is 5.10 Å². The molecule has 0 bridgehead atoms. The number of aldehydes is 1. The Morgan fingerprint density at radius 2 is 2.16 bits per heavy atom. The summed E-state index contributed by atoms with van der Waals surface area (Å²) in [6, 6.07) is 5.33. The van der Waals surface area contributed by atoms with Crippen molar-refractivity contribution in [3.05, 3.63) is 51.8 Å². The first kappa shape index (κ1) is 12.4. The van der Waals surface area contributed by atoms with Gasteiger partial charge in [0, 0.05) is 12.3 Å². The zero-order chi connectivity index (χ0) is 14.0. The summed E-state index contributed by atoms with van der Waals surface area (Å²) in [5.74, 6) is -0.684. The average Bonchev–Trinajstić information content (AvgIpc) is 2.87. The molecule has 0 unspecified atom stereocenters. The van der Waals surface area contributed by atoms with E-state index in [0.717, 1.165) is 0 Å². The van der Waals surface area contributed by atoms with E-state index in [1.807, 2.05) is 0 Å². The quantitative estimate of drug-likeness (QED) is 0.492. The molecule has 19 heavy (non-hydrogen) atoms. The van der Waals surface area contributed by atoms with Crippen LogP contribution in [0.15, 0.2) is 30.5 Å². The zero-order valence-electron chi connectivity index (χ0n) is 9.52. The Bertz CT molecular complexity index is 677. The number of nitrogens with two attached hydrogens (primary N) is 1. The Morgan fingerprint density at radius 1 is 1.42 bits per heavy atom. The third-order valence-electron chi connectivity index (χ3n) is 2.44. The van der Waals surface area contributed by atoms with Gasteiger partial charge < -0.3 is 5.73 Å². The summed E-state index contributed by atoms with van der Waals surface area (Å²) in [5, 5.41) is 14.6. The lowest BCUT2D eigenvalue weighted by Gasteiger charge is -2.02. The van der Waals surface area contributed by atoms with Crippen LogP contribution in [0.4, 0.5) is 5.69 Å². The Morgan fingerprint density at radius 3 is 2.68 bits per heavy atom. The van der Waals surface area contributed by atoms with E-state index in [1.165, 1.54) is 35.1 Å². The number of carbonyl (C=O) groups is 2. The third-order valence-corrected chi connectivity index (χ3v) is 2.44. The fourth-order valence-electron chi connectivity index (χ4n) is 1.54.